The van der Waals surface area contributed by atoms with Gasteiger partial charge in [0.1, 0.15) is 17.3 Å². The zero-order chi connectivity index (χ0) is 21.1. The van der Waals surface area contributed by atoms with Gasteiger partial charge >= 0.3 is 0 Å². The number of benzene rings is 1. The van der Waals surface area contributed by atoms with Gasteiger partial charge in [0, 0.05) is 49.7 Å². The van der Waals surface area contributed by atoms with Crippen LogP contribution in [-0.4, -0.2) is 61.1 Å². The molecule has 7 nitrogen and oxygen atoms in total. The lowest BCUT2D eigenvalue weighted by Crippen LogP contribution is -2.48. The number of hydrogen-bond donors (Lipinski definition) is 0. The molecule has 1 fully saturated rings. The topological polar surface area (TPSA) is 68.0 Å². The van der Waals surface area contributed by atoms with Crippen LogP contribution < -0.4 is 9.47 Å². The summed E-state index contributed by atoms with van der Waals surface area (Å²) in [6.45, 7) is 5.66. The Morgan fingerprint density at radius 3 is 2.40 bits per heavy atom. The van der Waals surface area contributed by atoms with Crippen LogP contribution in [0.4, 0.5) is 0 Å². The molecule has 0 bridgehead atoms. The number of aromatic nitrogens is 1. The predicted octanol–water partition coefficient (Wildman–Crippen LogP) is 3.69. The molecule has 1 saturated heterocycles. The van der Waals surface area contributed by atoms with E-state index in [0.717, 1.165) is 41.9 Å². The van der Waals surface area contributed by atoms with Gasteiger partial charge < -0.3 is 18.8 Å². The molecule has 0 aliphatic carbocycles. The van der Waals surface area contributed by atoms with Crippen LogP contribution in [0.25, 0.3) is 10.8 Å². The highest BCUT2D eigenvalue weighted by molar-refractivity contribution is 7.13. The van der Waals surface area contributed by atoms with Crippen LogP contribution in [0, 0.1) is 6.92 Å². The molecule has 0 N–H and O–H groups in total. The Hall–Kier alpha value is -2.84. The van der Waals surface area contributed by atoms with Crippen LogP contribution in [0.1, 0.15) is 21.8 Å². The number of aryl methyl sites for hydroxylation is 1. The summed E-state index contributed by atoms with van der Waals surface area (Å²) in [7, 11) is 3.16. The molecule has 8 heteroatoms. The van der Waals surface area contributed by atoms with E-state index >= 15 is 0 Å². The van der Waals surface area contributed by atoms with E-state index in [9.17, 15) is 4.79 Å². The number of carbonyl (C=O) groups excluding carboxylic acids is 1. The Bertz CT molecular complexity index is 999. The molecule has 1 aliphatic heterocycles. The monoisotopic (exact) mass is 427 g/mol. The molecule has 0 spiro atoms. The van der Waals surface area contributed by atoms with E-state index in [2.05, 4.69) is 10.3 Å². The summed E-state index contributed by atoms with van der Waals surface area (Å²) in [5, 5.41) is 2.98. The third-order valence-electron chi connectivity index (χ3n) is 5.15. The van der Waals surface area contributed by atoms with E-state index in [-0.39, 0.29) is 5.91 Å². The minimum atomic E-state index is -0.00372. The van der Waals surface area contributed by atoms with Crippen molar-refractivity contribution in [2.45, 2.75) is 13.5 Å². The molecule has 158 valence electrons. The van der Waals surface area contributed by atoms with Gasteiger partial charge in [-0.25, -0.2) is 4.98 Å². The van der Waals surface area contributed by atoms with Crippen LogP contribution in [0.15, 0.2) is 40.1 Å². The van der Waals surface area contributed by atoms with Gasteiger partial charge in [0.2, 0.25) is 0 Å². The van der Waals surface area contributed by atoms with Crippen LogP contribution in [0.2, 0.25) is 0 Å². The summed E-state index contributed by atoms with van der Waals surface area (Å²) < 4.78 is 16.2. The lowest BCUT2D eigenvalue weighted by Gasteiger charge is -2.34. The van der Waals surface area contributed by atoms with Crippen LogP contribution in [0.3, 0.4) is 0 Å². The summed E-state index contributed by atoms with van der Waals surface area (Å²) in [5.41, 5.74) is 1.61. The zero-order valence-corrected chi connectivity index (χ0v) is 18.2. The van der Waals surface area contributed by atoms with E-state index < -0.39 is 0 Å². The maximum atomic E-state index is 12.9. The first-order chi connectivity index (χ1) is 14.6. The average molecular weight is 428 g/mol. The van der Waals surface area contributed by atoms with Crippen molar-refractivity contribution in [3.8, 4) is 22.3 Å². The number of methoxy groups -OCH3 is 2. The Labute approximate surface area is 179 Å². The second-order valence-electron chi connectivity index (χ2n) is 7.22. The average Bonchev–Trinajstić information content (AvgIpc) is 3.42. The summed E-state index contributed by atoms with van der Waals surface area (Å²) in [5.74, 6) is 2.92. The van der Waals surface area contributed by atoms with Gasteiger partial charge in [-0.3, -0.25) is 9.69 Å². The van der Waals surface area contributed by atoms with Crippen molar-refractivity contribution in [3.05, 3.63) is 52.7 Å². The maximum Gasteiger partial charge on any atom is 0.254 e. The number of hydrogen-bond acceptors (Lipinski definition) is 7. The van der Waals surface area contributed by atoms with Gasteiger partial charge in [-0.15, -0.1) is 11.3 Å². The molecule has 1 aliphatic rings. The molecular formula is C22H25N3O4S. The Balaban J connectivity index is 1.35. The number of amides is 1. The molecule has 0 unspecified atom stereocenters. The highest BCUT2D eigenvalue weighted by Crippen LogP contribution is 2.27. The molecule has 30 heavy (non-hydrogen) atoms. The SMILES string of the molecule is COc1cc(OC)cc(C(=O)N2CCN(Cc3csc(-c4ccc(C)o4)n3)CC2)c1. The fourth-order valence-electron chi connectivity index (χ4n) is 3.49. The van der Waals surface area contributed by atoms with Crippen molar-refractivity contribution in [1.29, 1.82) is 0 Å². The van der Waals surface area contributed by atoms with E-state index in [4.69, 9.17) is 18.9 Å². The largest absolute Gasteiger partial charge is 0.497 e. The molecule has 0 atom stereocenters. The lowest BCUT2D eigenvalue weighted by atomic mass is 10.1. The molecule has 1 aromatic carbocycles. The fourth-order valence-corrected chi connectivity index (χ4v) is 4.26. The van der Waals surface area contributed by atoms with Crippen molar-refractivity contribution in [3.63, 3.8) is 0 Å². The van der Waals surface area contributed by atoms with E-state index in [1.165, 1.54) is 0 Å². The third kappa shape index (κ3) is 4.49. The van der Waals surface area contributed by atoms with Gasteiger partial charge in [0.25, 0.3) is 5.91 Å². The summed E-state index contributed by atoms with van der Waals surface area (Å²) in [6.07, 6.45) is 0. The number of piperazine rings is 1. The smallest absolute Gasteiger partial charge is 0.254 e. The van der Waals surface area contributed by atoms with Crippen LogP contribution in [-0.2, 0) is 6.54 Å². The zero-order valence-electron chi connectivity index (χ0n) is 17.4. The van der Waals surface area contributed by atoms with Crippen LogP contribution in [0.5, 0.6) is 11.5 Å². The Kier molecular flexibility index (Phi) is 6.06. The highest BCUT2D eigenvalue weighted by atomic mass is 32.1. The van der Waals surface area contributed by atoms with E-state index in [0.29, 0.717) is 30.2 Å². The van der Waals surface area contributed by atoms with E-state index in [1.54, 1.807) is 43.8 Å². The fraction of sp³-hybridized carbons (Fsp3) is 0.364. The lowest BCUT2D eigenvalue weighted by molar-refractivity contribution is 0.0626. The molecule has 1 amide bonds. The quantitative estimate of drug-likeness (QED) is 0.598. The van der Waals surface area contributed by atoms with Gasteiger partial charge in [-0.2, -0.15) is 0 Å². The molecule has 2 aromatic heterocycles. The Morgan fingerprint density at radius 1 is 1.10 bits per heavy atom. The third-order valence-corrected chi connectivity index (χ3v) is 6.05. The molecule has 3 aromatic rings. The highest BCUT2D eigenvalue weighted by Gasteiger charge is 2.23. The number of furan rings is 1. The molecular weight excluding hydrogens is 402 g/mol. The van der Waals surface area contributed by atoms with Gasteiger partial charge in [-0.1, -0.05) is 0 Å². The second-order valence-corrected chi connectivity index (χ2v) is 8.08. The first-order valence-electron chi connectivity index (χ1n) is 9.81. The number of thiazole rings is 1. The number of carbonyl (C=O) groups is 1. The molecule has 3 heterocycles. The van der Waals surface area contributed by atoms with Gasteiger partial charge in [0.05, 0.1) is 19.9 Å². The van der Waals surface area contributed by atoms with Crippen molar-refractivity contribution in [2.24, 2.45) is 0 Å². The number of nitrogens with zero attached hydrogens (tertiary/aromatic N) is 3. The van der Waals surface area contributed by atoms with Crippen molar-refractivity contribution < 1.29 is 18.7 Å². The first-order valence-corrected chi connectivity index (χ1v) is 10.7. The summed E-state index contributed by atoms with van der Waals surface area (Å²) >= 11 is 1.59. The summed E-state index contributed by atoms with van der Waals surface area (Å²) in [6, 6.07) is 9.18. The standard InChI is InChI=1S/C22H25N3O4S/c1-15-4-5-20(29-15)21-23-17(14-30-21)13-24-6-8-25(9-7-24)22(26)16-10-18(27-2)12-19(11-16)28-3/h4-5,10-12,14H,6-9,13H2,1-3H3. The number of ether oxygens (including phenoxy) is 2. The van der Waals surface area contributed by atoms with Crippen molar-refractivity contribution in [2.75, 3.05) is 40.4 Å². The minimum absolute atomic E-state index is 0.00372. The van der Waals surface area contributed by atoms with Crippen molar-refractivity contribution in [1.82, 2.24) is 14.8 Å². The number of rotatable bonds is 6. The normalized spacial score (nSPS) is 14.7. The first kappa shape index (κ1) is 20.4. The van der Waals surface area contributed by atoms with Crippen LogP contribution >= 0.6 is 11.3 Å². The molecule has 0 radical (unpaired) electrons. The predicted molar refractivity (Wildman–Crippen MR) is 115 cm³/mol. The molecule has 4 rings (SSSR count). The van der Waals surface area contributed by atoms with E-state index in [1.807, 2.05) is 24.0 Å². The summed E-state index contributed by atoms with van der Waals surface area (Å²) in [4.78, 5) is 21.8. The maximum absolute atomic E-state index is 12.9. The minimum Gasteiger partial charge on any atom is -0.497 e. The van der Waals surface area contributed by atoms with Crippen molar-refractivity contribution >= 4 is 17.2 Å². The molecule has 0 saturated carbocycles. The second kappa shape index (κ2) is 8.89. The Morgan fingerprint density at radius 2 is 1.80 bits per heavy atom. The van der Waals surface area contributed by atoms with Gasteiger partial charge in [-0.05, 0) is 31.2 Å². The van der Waals surface area contributed by atoms with Gasteiger partial charge in [0.15, 0.2) is 10.8 Å².